The number of carbonyl (C=O) groups is 1. The van der Waals surface area contributed by atoms with E-state index in [9.17, 15) is 4.79 Å². The summed E-state index contributed by atoms with van der Waals surface area (Å²) in [6, 6.07) is 12.9. The molecule has 0 aliphatic heterocycles. The second-order valence-electron chi connectivity index (χ2n) is 6.79. The number of anilines is 3. The molecule has 7 heteroatoms. The van der Waals surface area contributed by atoms with Gasteiger partial charge in [-0.1, -0.05) is 0 Å². The van der Waals surface area contributed by atoms with E-state index in [2.05, 4.69) is 25.6 Å². The maximum Gasteiger partial charge on any atom is 0.256 e. The van der Waals surface area contributed by atoms with Crippen molar-refractivity contribution in [3.8, 4) is 5.75 Å². The van der Waals surface area contributed by atoms with Crippen LogP contribution in [-0.2, 0) is 0 Å². The number of methoxy groups -OCH3 is 1. The Labute approximate surface area is 176 Å². The van der Waals surface area contributed by atoms with E-state index in [-0.39, 0.29) is 5.91 Å². The molecule has 2 N–H and O–H groups in total. The third-order valence-corrected chi connectivity index (χ3v) is 4.70. The van der Waals surface area contributed by atoms with E-state index < -0.39 is 0 Å². The number of hydrogen-bond donors (Lipinski definition) is 2. The maximum absolute atomic E-state index is 13.2. The minimum Gasteiger partial charge on any atom is -0.497 e. The smallest absolute Gasteiger partial charge is 0.256 e. The zero-order chi connectivity index (χ0) is 21.7. The van der Waals surface area contributed by atoms with Gasteiger partial charge in [-0.25, -0.2) is 4.98 Å². The molecule has 0 aliphatic carbocycles. The molecular formula is C23H25N5O2. The van der Waals surface area contributed by atoms with Crippen molar-refractivity contribution >= 4 is 28.8 Å². The highest BCUT2D eigenvalue weighted by Gasteiger charge is 2.20. The van der Waals surface area contributed by atoms with Crippen LogP contribution in [0.5, 0.6) is 5.75 Å². The van der Waals surface area contributed by atoms with Crippen LogP contribution in [0.25, 0.3) is 0 Å². The van der Waals surface area contributed by atoms with Gasteiger partial charge in [0.2, 0.25) is 0 Å². The lowest BCUT2D eigenvalue weighted by Crippen LogP contribution is -2.19. The Hall–Kier alpha value is -3.74. The minimum absolute atomic E-state index is 0.243. The SMILES string of the molecule is CN=C(C)c1c(C(=O)Nc2cccnc2C)cc(C)nc1Nc1ccc(OC)cc1. The lowest BCUT2D eigenvalue weighted by atomic mass is 10.0. The van der Waals surface area contributed by atoms with E-state index in [0.29, 0.717) is 34.0 Å². The standard InChI is InChI=1S/C23H25N5O2/c1-14-13-19(23(29)28-20-7-6-12-25-15(20)2)21(16(3)24-4)22(26-14)27-17-8-10-18(30-5)11-9-17/h6-13H,1-5H3,(H,26,27)(H,28,29). The lowest BCUT2D eigenvalue weighted by Gasteiger charge is -2.17. The largest absolute Gasteiger partial charge is 0.497 e. The Morgan fingerprint density at radius 1 is 1.13 bits per heavy atom. The van der Waals surface area contributed by atoms with Crippen LogP contribution < -0.4 is 15.4 Å². The van der Waals surface area contributed by atoms with E-state index in [1.165, 1.54) is 0 Å². The number of ether oxygens (including phenoxy) is 1. The van der Waals surface area contributed by atoms with E-state index in [0.717, 1.165) is 17.1 Å². The van der Waals surface area contributed by atoms with Crippen molar-refractivity contribution in [2.45, 2.75) is 20.8 Å². The lowest BCUT2D eigenvalue weighted by molar-refractivity contribution is 0.102. The van der Waals surface area contributed by atoms with Gasteiger partial charge < -0.3 is 15.4 Å². The summed E-state index contributed by atoms with van der Waals surface area (Å²) in [4.78, 5) is 26.4. The molecule has 30 heavy (non-hydrogen) atoms. The van der Waals surface area contributed by atoms with Crippen LogP contribution in [0.2, 0.25) is 0 Å². The molecule has 0 saturated carbocycles. The monoisotopic (exact) mass is 403 g/mol. The molecule has 0 atom stereocenters. The van der Waals surface area contributed by atoms with Crippen molar-refractivity contribution in [3.05, 3.63) is 71.2 Å². The fourth-order valence-corrected chi connectivity index (χ4v) is 3.04. The van der Waals surface area contributed by atoms with Crippen molar-refractivity contribution in [1.82, 2.24) is 9.97 Å². The first-order chi connectivity index (χ1) is 14.4. The number of aromatic nitrogens is 2. The molecule has 3 aromatic rings. The summed E-state index contributed by atoms with van der Waals surface area (Å²) >= 11 is 0. The Bertz CT molecular complexity index is 1090. The molecule has 0 aliphatic rings. The molecule has 2 aromatic heterocycles. The topological polar surface area (TPSA) is 88.5 Å². The number of benzene rings is 1. The van der Waals surface area contributed by atoms with Gasteiger partial charge in [0.1, 0.15) is 11.6 Å². The van der Waals surface area contributed by atoms with Crippen LogP contribution >= 0.6 is 0 Å². The third kappa shape index (κ3) is 4.63. The molecule has 0 fully saturated rings. The summed E-state index contributed by atoms with van der Waals surface area (Å²) in [7, 11) is 3.32. The van der Waals surface area contributed by atoms with Gasteiger partial charge in [-0.2, -0.15) is 0 Å². The molecule has 3 rings (SSSR count). The van der Waals surface area contributed by atoms with Gasteiger partial charge in [-0.15, -0.1) is 0 Å². The molecule has 7 nitrogen and oxygen atoms in total. The first-order valence-corrected chi connectivity index (χ1v) is 9.52. The van der Waals surface area contributed by atoms with Crippen molar-refractivity contribution in [2.24, 2.45) is 4.99 Å². The molecule has 0 radical (unpaired) electrons. The number of aryl methyl sites for hydroxylation is 2. The van der Waals surface area contributed by atoms with Crippen molar-refractivity contribution in [2.75, 3.05) is 24.8 Å². The van der Waals surface area contributed by atoms with Crippen LogP contribution in [0, 0.1) is 13.8 Å². The van der Waals surface area contributed by atoms with E-state index in [4.69, 9.17) is 4.74 Å². The van der Waals surface area contributed by atoms with Gasteiger partial charge in [-0.3, -0.25) is 14.8 Å². The normalized spacial score (nSPS) is 11.2. The van der Waals surface area contributed by atoms with Gasteiger partial charge in [0.15, 0.2) is 0 Å². The fraction of sp³-hybridized carbons (Fsp3) is 0.217. The van der Waals surface area contributed by atoms with Crippen molar-refractivity contribution in [1.29, 1.82) is 0 Å². The number of nitrogens with zero attached hydrogens (tertiary/aromatic N) is 3. The van der Waals surface area contributed by atoms with Crippen LogP contribution in [-0.4, -0.2) is 35.7 Å². The molecule has 154 valence electrons. The second kappa shape index (κ2) is 9.17. The van der Waals surface area contributed by atoms with Crippen molar-refractivity contribution < 1.29 is 9.53 Å². The average molecular weight is 403 g/mol. The molecule has 0 saturated heterocycles. The minimum atomic E-state index is -0.243. The highest BCUT2D eigenvalue weighted by molar-refractivity contribution is 6.16. The van der Waals surface area contributed by atoms with Gasteiger partial charge in [-0.05, 0) is 63.2 Å². The predicted molar refractivity (Wildman–Crippen MR) is 120 cm³/mol. The Kier molecular flexibility index (Phi) is 6.41. The van der Waals surface area contributed by atoms with E-state index in [1.54, 1.807) is 32.5 Å². The number of pyridine rings is 2. The molecule has 2 heterocycles. The number of rotatable bonds is 6. The van der Waals surface area contributed by atoms with E-state index in [1.807, 2.05) is 51.1 Å². The Morgan fingerprint density at radius 2 is 1.87 bits per heavy atom. The highest BCUT2D eigenvalue weighted by atomic mass is 16.5. The number of amides is 1. The second-order valence-corrected chi connectivity index (χ2v) is 6.79. The number of hydrogen-bond acceptors (Lipinski definition) is 6. The Morgan fingerprint density at radius 3 is 2.50 bits per heavy atom. The summed E-state index contributed by atoms with van der Waals surface area (Å²) in [5, 5.41) is 6.26. The summed E-state index contributed by atoms with van der Waals surface area (Å²) < 4.78 is 5.21. The van der Waals surface area contributed by atoms with Gasteiger partial charge in [0, 0.05) is 30.3 Å². The summed E-state index contributed by atoms with van der Waals surface area (Å²) in [5.74, 6) is 1.08. The first kappa shape index (κ1) is 21.0. The predicted octanol–water partition coefficient (Wildman–Crippen LogP) is 4.54. The van der Waals surface area contributed by atoms with Crippen LogP contribution in [0.4, 0.5) is 17.2 Å². The zero-order valence-electron chi connectivity index (χ0n) is 17.8. The molecule has 0 unspecified atom stereocenters. The Balaban J connectivity index is 2.04. The highest BCUT2D eigenvalue weighted by Crippen LogP contribution is 2.26. The first-order valence-electron chi connectivity index (χ1n) is 9.52. The molecular weight excluding hydrogens is 378 g/mol. The summed E-state index contributed by atoms with van der Waals surface area (Å²) in [6.45, 7) is 5.56. The molecule has 0 spiro atoms. The van der Waals surface area contributed by atoms with Gasteiger partial charge in [0.05, 0.1) is 29.6 Å². The van der Waals surface area contributed by atoms with Gasteiger partial charge in [0.25, 0.3) is 5.91 Å². The van der Waals surface area contributed by atoms with Gasteiger partial charge >= 0.3 is 0 Å². The van der Waals surface area contributed by atoms with Crippen LogP contribution in [0.15, 0.2) is 53.7 Å². The van der Waals surface area contributed by atoms with Crippen LogP contribution in [0.3, 0.4) is 0 Å². The quantitative estimate of drug-likeness (QED) is 0.590. The van der Waals surface area contributed by atoms with Crippen molar-refractivity contribution in [3.63, 3.8) is 0 Å². The summed E-state index contributed by atoms with van der Waals surface area (Å²) in [6.07, 6.45) is 1.69. The maximum atomic E-state index is 13.2. The molecule has 0 bridgehead atoms. The number of carbonyl (C=O) groups excluding carboxylic acids is 1. The number of aliphatic imine (C=N–C) groups is 1. The zero-order valence-corrected chi connectivity index (χ0v) is 17.8. The molecule has 1 aromatic carbocycles. The number of nitrogens with one attached hydrogen (secondary N) is 2. The van der Waals surface area contributed by atoms with Crippen LogP contribution in [0.1, 0.15) is 34.2 Å². The molecule has 1 amide bonds. The fourth-order valence-electron chi connectivity index (χ4n) is 3.04. The van der Waals surface area contributed by atoms with E-state index >= 15 is 0 Å². The third-order valence-electron chi connectivity index (χ3n) is 4.70. The summed E-state index contributed by atoms with van der Waals surface area (Å²) in [5.41, 5.74) is 4.80. The average Bonchev–Trinajstić information content (AvgIpc) is 2.75.